The lowest BCUT2D eigenvalue weighted by molar-refractivity contribution is -0.145. The van der Waals surface area contributed by atoms with E-state index in [2.05, 4.69) is 36.7 Å². The number of unbranched alkanes of at least 4 members (excludes halogenated alkanes) is 5. The van der Waals surface area contributed by atoms with Gasteiger partial charge in [0.15, 0.2) is 23.7 Å². The van der Waals surface area contributed by atoms with E-state index in [1.807, 2.05) is 43.3 Å². The summed E-state index contributed by atoms with van der Waals surface area (Å²) in [7, 11) is 3.17. The van der Waals surface area contributed by atoms with Crippen LogP contribution in [-0.4, -0.2) is 136 Å². The molecule has 2 unspecified atom stereocenters. The lowest BCUT2D eigenvalue weighted by atomic mass is 9.85. The Labute approximate surface area is 480 Å². The highest BCUT2D eigenvalue weighted by Gasteiger charge is 2.53. The first-order chi connectivity index (χ1) is 39.1. The van der Waals surface area contributed by atoms with Crippen molar-refractivity contribution in [3.05, 3.63) is 106 Å². The van der Waals surface area contributed by atoms with E-state index in [4.69, 9.17) is 9.26 Å². The van der Waals surface area contributed by atoms with Crippen molar-refractivity contribution in [3.63, 3.8) is 0 Å². The maximum absolute atomic E-state index is 14.8. The minimum atomic E-state index is -2.02. The number of aryl methyl sites for hydroxylation is 2. The number of amides is 7. The number of aliphatic hydroxyl groups is 1. The molecule has 20 nitrogen and oxygen atoms in total. The number of β-amino-alcohol motifs (C(OH)–C–C–N with tert-alkyl or cyclic N) is 1. The summed E-state index contributed by atoms with van der Waals surface area (Å²) in [5.74, 6) is -2.85. The molecule has 3 aromatic carbocycles. The Bertz CT molecular complexity index is 3130. The van der Waals surface area contributed by atoms with E-state index in [1.165, 1.54) is 39.3 Å². The Balaban J connectivity index is 0.740. The number of nitrogens with zero attached hydrogens (tertiary/aromatic N) is 4. The molecule has 0 spiro atoms. The maximum atomic E-state index is 14.8. The SMILES string of the molecule is Cc1ncsc1-c1ccc(C(CC(=O)NCCCCCCCCNC(=O)COc2ccc3c(c2)[C@H](NC(=O)c2cc(-c4ccc(C(=O)N(C)C)c(O)c4)on2)CC3)NC(=O)[C@@H]2C[C@@H](O)CN2C(=O)C(NC(=O)C2(F)CC2)C(C)(C)C)cc1. The summed E-state index contributed by atoms with van der Waals surface area (Å²) in [4.78, 5) is 101. The van der Waals surface area contributed by atoms with Crippen LogP contribution in [0.2, 0.25) is 0 Å². The van der Waals surface area contributed by atoms with Gasteiger partial charge in [0, 0.05) is 51.8 Å². The van der Waals surface area contributed by atoms with Gasteiger partial charge in [-0.05, 0) is 97.4 Å². The van der Waals surface area contributed by atoms with Crippen LogP contribution >= 0.6 is 11.3 Å². The van der Waals surface area contributed by atoms with Crippen LogP contribution in [0, 0.1) is 12.3 Å². The van der Waals surface area contributed by atoms with Crippen molar-refractivity contribution in [1.82, 2.24) is 46.5 Å². The van der Waals surface area contributed by atoms with Gasteiger partial charge in [0.2, 0.25) is 17.7 Å². The number of thiazole rings is 1. The van der Waals surface area contributed by atoms with Crippen molar-refractivity contribution in [3.8, 4) is 33.3 Å². The Morgan fingerprint density at radius 2 is 1.57 bits per heavy atom. The van der Waals surface area contributed by atoms with Gasteiger partial charge < -0.3 is 55.9 Å². The standard InChI is InChI=1S/C60H74FN9O11S/c1-35-52(82-34-64-35)38-15-13-37(14-16-38)45(66-55(76)47-28-40(71)32-70(47)57(78)53(59(2,3)4)67-58(79)60(61)23-24-60)31-50(73)62-25-11-9-7-8-10-12-26-63-51(74)33-80-41-20-17-36-19-22-44(43(36)29-41)65-54(75)46-30-49(81-68-46)39-18-21-42(48(72)27-39)56(77)69(5)6/h13-18,20-21,27,29-30,34,40,44-45,47,53,71-72H,7-12,19,22-26,28,31-33H2,1-6H3,(H,62,73)(H,63,74)(H,65,75)(H,66,76)(H,67,79)/t40-,44-,45?,47+,53?/m1/s1. The van der Waals surface area contributed by atoms with Crippen LogP contribution in [0.1, 0.15) is 147 Å². The second-order valence-corrected chi connectivity index (χ2v) is 23.7. The number of aromatic hydroxyl groups is 1. The van der Waals surface area contributed by atoms with E-state index >= 15 is 0 Å². The molecular formula is C60H74FN9O11S. The highest BCUT2D eigenvalue weighted by Crippen LogP contribution is 2.41. The van der Waals surface area contributed by atoms with E-state index in [0.29, 0.717) is 36.4 Å². The highest BCUT2D eigenvalue weighted by molar-refractivity contribution is 7.13. The number of carbonyl (C=O) groups excluding carboxylic acids is 7. The molecule has 3 heterocycles. The highest BCUT2D eigenvalue weighted by atomic mass is 32.1. The fourth-order valence-corrected chi connectivity index (χ4v) is 11.0. The summed E-state index contributed by atoms with van der Waals surface area (Å²) < 4.78 is 26.0. The molecule has 0 radical (unpaired) electrons. The summed E-state index contributed by atoms with van der Waals surface area (Å²) in [5, 5.41) is 39.6. The van der Waals surface area contributed by atoms with Crippen LogP contribution in [0.4, 0.5) is 4.39 Å². The third kappa shape index (κ3) is 15.2. The third-order valence-electron chi connectivity index (χ3n) is 15.2. The summed E-state index contributed by atoms with van der Waals surface area (Å²) in [6.07, 6.45) is 5.51. The molecule has 3 aliphatic rings. The number of nitrogens with one attached hydrogen (secondary N) is 5. The van der Waals surface area contributed by atoms with E-state index in [9.17, 15) is 48.2 Å². The van der Waals surface area contributed by atoms with Crippen molar-refractivity contribution in [2.75, 3.05) is 40.3 Å². The van der Waals surface area contributed by atoms with Crippen molar-refractivity contribution >= 4 is 52.7 Å². The maximum Gasteiger partial charge on any atom is 0.273 e. The smallest absolute Gasteiger partial charge is 0.273 e. The van der Waals surface area contributed by atoms with Crippen LogP contribution < -0.4 is 31.3 Å². The van der Waals surface area contributed by atoms with E-state index in [-0.39, 0.29) is 85.4 Å². The van der Waals surface area contributed by atoms with Crippen LogP contribution in [0.3, 0.4) is 0 Å². The van der Waals surface area contributed by atoms with Gasteiger partial charge in [-0.2, -0.15) is 0 Å². The Morgan fingerprint density at radius 3 is 2.22 bits per heavy atom. The molecule has 8 rings (SSSR count). The zero-order chi connectivity index (χ0) is 58.9. The van der Waals surface area contributed by atoms with Crippen molar-refractivity contribution < 1.29 is 57.4 Å². The average Bonchev–Trinajstić information content (AvgIpc) is 3.89. The number of alkyl halides is 1. The fourth-order valence-electron chi connectivity index (χ4n) is 10.2. The molecule has 2 aliphatic carbocycles. The van der Waals surface area contributed by atoms with Gasteiger partial charge in [0.25, 0.3) is 23.6 Å². The zero-order valence-electron chi connectivity index (χ0n) is 47.3. The van der Waals surface area contributed by atoms with Gasteiger partial charge in [0.1, 0.15) is 23.6 Å². The molecule has 22 heteroatoms. The van der Waals surface area contributed by atoms with Gasteiger partial charge in [-0.3, -0.25) is 33.6 Å². The number of benzene rings is 3. The van der Waals surface area contributed by atoms with Crippen LogP contribution in [0.25, 0.3) is 21.8 Å². The largest absolute Gasteiger partial charge is 0.507 e. The minimum absolute atomic E-state index is 0.0514. The lowest BCUT2D eigenvalue weighted by Crippen LogP contribution is -2.59. The first kappa shape index (κ1) is 60.4. The summed E-state index contributed by atoms with van der Waals surface area (Å²) in [5.41, 5.74) is 3.95. The molecule has 7 amide bonds. The van der Waals surface area contributed by atoms with Crippen LogP contribution in [0.15, 0.2) is 76.8 Å². The monoisotopic (exact) mass is 1150 g/mol. The molecule has 438 valence electrons. The molecule has 2 aromatic heterocycles. The molecule has 1 aliphatic heterocycles. The Kier molecular flexibility index (Phi) is 19.5. The van der Waals surface area contributed by atoms with Gasteiger partial charge in [-0.15, -0.1) is 11.3 Å². The van der Waals surface area contributed by atoms with Gasteiger partial charge in [0.05, 0.1) is 46.3 Å². The number of rotatable bonds is 25. The topological polar surface area (TPSA) is 275 Å². The van der Waals surface area contributed by atoms with E-state index in [0.717, 1.165) is 72.2 Å². The first-order valence-electron chi connectivity index (χ1n) is 28.0. The van der Waals surface area contributed by atoms with Crippen LogP contribution in [0.5, 0.6) is 11.5 Å². The predicted octanol–water partition coefficient (Wildman–Crippen LogP) is 6.79. The number of hydrogen-bond donors (Lipinski definition) is 7. The molecule has 1 saturated heterocycles. The molecule has 0 bridgehead atoms. The van der Waals surface area contributed by atoms with E-state index in [1.54, 1.807) is 52.5 Å². The number of hydrogen-bond acceptors (Lipinski definition) is 14. The number of ether oxygens (including phenoxy) is 1. The van der Waals surface area contributed by atoms with E-state index < -0.39 is 58.9 Å². The molecular weight excluding hydrogens is 1070 g/mol. The summed E-state index contributed by atoms with van der Waals surface area (Å²) >= 11 is 1.50. The second kappa shape index (κ2) is 26.5. The number of phenolic OH excluding ortho intramolecular Hbond substituents is 1. The molecule has 1 saturated carbocycles. The normalized spacial score (nSPS) is 17.7. The molecule has 5 atom stereocenters. The second-order valence-electron chi connectivity index (χ2n) is 22.8. The number of fused-ring (bicyclic) bond motifs is 1. The van der Waals surface area contributed by atoms with Gasteiger partial charge in [-0.25, -0.2) is 9.37 Å². The lowest BCUT2D eigenvalue weighted by Gasteiger charge is -2.36. The number of carbonyl (C=O) groups is 7. The predicted molar refractivity (Wildman–Crippen MR) is 304 cm³/mol. The number of halogens is 1. The number of phenols is 1. The molecule has 82 heavy (non-hydrogen) atoms. The number of likely N-dealkylation sites (tertiary alicyclic amines) is 1. The molecule has 2 fully saturated rings. The number of aliphatic hydroxyl groups excluding tert-OH is 1. The third-order valence-corrected chi connectivity index (χ3v) is 16.1. The summed E-state index contributed by atoms with van der Waals surface area (Å²) in [6.45, 7) is 7.71. The zero-order valence-corrected chi connectivity index (χ0v) is 48.1. The number of aromatic nitrogens is 2. The van der Waals surface area contributed by atoms with Crippen molar-refractivity contribution in [2.24, 2.45) is 5.41 Å². The van der Waals surface area contributed by atoms with Gasteiger partial charge in [-0.1, -0.05) is 88.0 Å². The average molecular weight is 1150 g/mol. The minimum Gasteiger partial charge on any atom is -0.507 e. The van der Waals surface area contributed by atoms with Gasteiger partial charge >= 0.3 is 0 Å². The fraction of sp³-hybridized carbons (Fsp3) is 0.483. The quantitative estimate of drug-likeness (QED) is 0.0297. The Hall–Kier alpha value is -7.72. The first-order valence-corrected chi connectivity index (χ1v) is 28.9. The Morgan fingerprint density at radius 1 is 0.890 bits per heavy atom. The molecule has 5 aromatic rings. The summed E-state index contributed by atoms with van der Waals surface area (Å²) in [6, 6.07) is 15.6. The van der Waals surface area contributed by atoms with Crippen molar-refractivity contribution in [1.29, 1.82) is 0 Å². The van der Waals surface area contributed by atoms with Crippen molar-refractivity contribution in [2.45, 2.75) is 141 Å². The van der Waals surface area contributed by atoms with Crippen LogP contribution in [-0.2, 0) is 30.4 Å². The molecule has 7 N–H and O–H groups in total.